The van der Waals surface area contributed by atoms with Gasteiger partial charge in [-0.25, -0.2) is 4.98 Å². The lowest BCUT2D eigenvalue weighted by Gasteiger charge is -2.25. The summed E-state index contributed by atoms with van der Waals surface area (Å²) in [7, 11) is 3.63. The lowest BCUT2D eigenvalue weighted by molar-refractivity contribution is 0.409. The third-order valence-corrected chi connectivity index (χ3v) is 3.18. The van der Waals surface area contributed by atoms with Crippen LogP contribution in [0.15, 0.2) is 36.7 Å². The van der Waals surface area contributed by atoms with Gasteiger partial charge in [-0.05, 0) is 24.6 Å². The molecule has 0 aliphatic heterocycles. The van der Waals surface area contributed by atoms with Crippen LogP contribution in [0.5, 0.6) is 5.75 Å². The van der Waals surface area contributed by atoms with Crippen LogP contribution in [0, 0.1) is 0 Å². The normalized spacial score (nSPS) is 14.2. The number of nitrogens with two attached hydrogens (primary N) is 1. The van der Waals surface area contributed by atoms with E-state index in [1.54, 1.807) is 13.3 Å². The van der Waals surface area contributed by atoms with Gasteiger partial charge < -0.3 is 15.0 Å². The standard InChI is InChI=1S/C14H19N3O/c1-14(15,10-13-16-7-8-17(13)2)11-5-4-6-12(9-11)18-3/h4-9H,10,15H2,1-3H3. The second kappa shape index (κ2) is 4.82. The van der Waals surface area contributed by atoms with Crippen molar-refractivity contribution in [3.05, 3.63) is 48.0 Å². The molecule has 2 N–H and O–H groups in total. The maximum absolute atomic E-state index is 6.41. The Hall–Kier alpha value is -1.81. The van der Waals surface area contributed by atoms with Gasteiger partial charge >= 0.3 is 0 Å². The molecule has 0 saturated carbocycles. The second-order valence-corrected chi connectivity index (χ2v) is 4.78. The average Bonchev–Trinajstić information content (AvgIpc) is 2.74. The quantitative estimate of drug-likeness (QED) is 0.894. The molecule has 0 bridgehead atoms. The van der Waals surface area contributed by atoms with Crippen LogP contribution < -0.4 is 10.5 Å². The molecular weight excluding hydrogens is 226 g/mol. The van der Waals surface area contributed by atoms with Gasteiger partial charge in [0.15, 0.2) is 0 Å². The van der Waals surface area contributed by atoms with Gasteiger partial charge in [-0.3, -0.25) is 0 Å². The molecule has 0 fully saturated rings. The van der Waals surface area contributed by atoms with Crippen molar-refractivity contribution in [2.45, 2.75) is 18.9 Å². The third-order valence-electron chi connectivity index (χ3n) is 3.18. The minimum atomic E-state index is -0.465. The minimum Gasteiger partial charge on any atom is -0.497 e. The summed E-state index contributed by atoms with van der Waals surface area (Å²) in [5.74, 6) is 1.80. The van der Waals surface area contributed by atoms with Gasteiger partial charge in [-0.15, -0.1) is 0 Å². The Morgan fingerprint density at radius 1 is 1.44 bits per heavy atom. The Labute approximate surface area is 107 Å². The van der Waals surface area contributed by atoms with Crippen molar-refractivity contribution in [3.63, 3.8) is 0 Å². The predicted octanol–water partition coefficient (Wildman–Crippen LogP) is 1.85. The van der Waals surface area contributed by atoms with Gasteiger partial charge in [0.25, 0.3) is 0 Å². The van der Waals surface area contributed by atoms with Crippen LogP contribution in [0.3, 0.4) is 0 Å². The van der Waals surface area contributed by atoms with Crippen LogP contribution in [0.25, 0.3) is 0 Å². The number of hydrogen-bond acceptors (Lipinski definition) is 3. The number of ether oxygens (including phenoxy) is 1. The first kappa shape index (κ1) is 12.6. The van der Waals surface area contributed by atoms with E-state index in [0.717, 1.165) is 17.1 Å². The zero-order valence-electron chi connectivity index (χ0n) is 11.1. The first-order valence-corrected chi connectivity index (χ1v) is 5.92. The molecule has 2 rings (SSSR count). The molecule has 0 amide bonds. The largest absolute Gasteiger partial charge is 0.497 e. The van der Waals surface area contributed by atoms with Crippen molar-refractivity contribution in [1.29, 1.82) is 0 Å². The second-order valence-electron chi connectivity index (χ2n) is 4.78. The number of benzene rings is 1. The molecule has 4 heteroatoms. The van der Waals surface area contributed by atoms with E-state index in [1.807, 2.05) is 49.0 Å². The van der Waals surface area contributed by atoms with Crippen molar-refractivity contribution in [3.8, 4) is 5.75 Å². The van der Waals surface area contributed by atoms with Crippen LogP contribution in [0.1, 0.15) is 18.3 Å². The smallest absolute Gasteiger partial charge is 0.119 e. The minimum absolute atomic E-state index is 0.465. The maximum atomic E-state index is 6.41. The fourth-order valence-electron chi connectivity index (χ4n) is 1.98. The fraction of sp³-hybridized carbons (Fsp3) is 0.357. The van der Waals surface area contributed by atoms with Crippen molar-refractivity contribution in [2.75, 3.05) is 7.11 Å². The fourth-order valence-corrected chi connectivity index (χ4v) is 1.98. The first-order valence-electron chi connectivity index (χ1n) is 5.92. The number of aryl methyl sites for hydroxylation is 1. The average molecular weight is 245 g/mol. The predicted molar refractivity (Wildman–Crippen MR) is 71.4 cm³/mol. The highest BCUT2D eigenvalue weighted by atomic mass is 16.5. The summed E-state index contributed by atoms with van der Waals surface area (Å²) >= 11 is 0. The monoisotopic (exact) mass is 245 g/mol. The highest BCUT2D eigenvalue weighted by Crippen LogP contribution is 2.25. The molecule has 0 aliphatic carbocycles. The molecule has 18 heavy (non-hydrogen) atoms. The molecule has 1 atom stereocenters. The number of imidazole rings is 1. The summed E-state index contributed by atoms with van der Waals surface area (Å²) in [5, 5.41) is 0. The molecule has 0 saturated heterocycles. The highest BCUT2D eigenvalue weighted by Gasteiger charge is 2.24. The number of rotatable bonds is 4. The highest BCUT2D eigenvalue weighted by molar-refractivity contribution is 5.33. The molecule has 1 aromatic carbocycles. The lowest BCUT2D eigenvalue weighted by atomic mass is 9.89. The maximum Gasteiger partial charge on any atom is 0.119 e. The van der Waals surface area contributed by atoms with Crippen molar-refractivity contribution < 1.29 is 4.74 Å². The molecule has 1 aromatic heterocycles. The first-order chi connectivity index (χ1) is 8.53. The van der Waals surface area contributed by atoms with Gasteiger partial charge in [-0.2, -0.15) is 0 Å². The van der Waals surface area contributed by atoms with Gasteiger partial charge in [-0.1, -0.05) is 12.1 Å². The van der Waals surface area contributed by atoms with Crippen LogP contribution in [0.4, 0.5) is 0 Å². The zero-order chi connectivity index (χ0) is 13.2. The summed E-state index contributed by atoms with van der Waals surface area (Å²) in [6.07, 6.45) is 4.40. The summed E-state index contributed by atoms with van der Waals surface area (Å²) < 4.78 is 7.22. The molecule has 1 heterocycles. The van der Waals surface area contributed by atoms with Gasteiger partial charge in [0.1, 0.15) is 11.6 Å². The SMILES string of the molecule is COc1cccc(C(C)(N)Cc2nccn2C)c1. The number of nitrogens with zero attached hydrogens (tertiary/aromatic N) is 2. The lowest BCUT2D eigenvalue weighted by Crippen LogP contribution is -2.36. The van der Waals surface area contributed by atoms with E-state index in [0.29, 0.717) is 6.42 Å². The van der Waals surface area contributed by atoms with Gasteiger partial charge in [0.2, 0.25) is 0 Å². The van der Waals surface area contributed by atoms with E-state index in [2.05, 4.69) is 4.98 Å². The Kier molecular flexibility index (Phi) is 3.39. The summed E-state index contributed by atoms with van der Waals surface area (Å²) in [6.45, 7) is 2.01. The van der Waals surface area contributed by atoms with Crippen LogP contribution in [-0.2, 0) is 19.0 Å². The Balaban J connectivity index is 2.27. The number of hydrogen-bond donors (Lipinski definition) is 1. The van der Waals surface area contributed by atoms with E-state index < -0.39 is 5.54 Å². The molecule has 0 aliphatic rings. The third kappa shape index (κ3) is 2.54. The Bertz CT molecular complexity index is 531. The summed E-state index contributed by atoms with van der Waals surface area (Å²) in [5.41, 5.74) is 6.99. The number of aromatic nitrogens is 2. The van der Waals surface area contributed by atoms with Gasteiger partial charge in [0, 0.05) is 31.4 Å². The molecule has 1 unspecified atom stereocenters. The molecule has 0 spiro atoms. The van der Waals surface area contributed by atoms with E-state index >= 15 is 0 Å². The number of methoxy groups -OCH3 is 1. The van der Waals surface area contributed by atoms with E-state index in [1.165, 1.54) is 0 Å². The van der Waals surface area contributed by atoms with E-state index in [9.17, 15) is 0 Å². The summed E-state index contributed by atoms with van der Waals surface area (Å²) in [4.78, 5) is 4.32. The molecule has 2 aromatic rings. The topological polar surface area (TPSA) is 53.1 Å². The molecule has 96 valence electrons. The molecular formula is C14H19N3O. The Morgan fingerprint density at radius 3 is 2.83 bits per heavy atom. The van der Waals surface area contributed by atoms with E-state index in [4.69, 9.17) is 10.5 Å². The zero-order valence-corrected chi connectivity index (χ0v) is 11.1. The summed E-state index contributed by atoms with van der Waals surface area (Å²) in [6, 6.07) is 7.87. The van der Waals surface area contributed by atoms with Crippen molar-refractivity contribution in [1.82, 2.24) is 9.55 Å². The molecule has 4 nitrogen and oxygen atoms in total. The molecule has 0 radical (unpaired) electrons. The van der Waals surface area contributed by atoms with Crippen molar-refractivity contribution >= 4 is 0 Å². The van der Waals surface area contributed by atoms with Crippen LogP contribution in [-0.4, -0.2) is 16.7 Å². The van der Waals surface area contributed by atoms with Gasteiger partial charge in [0.05, 0.1) is 7.11 Å². The Morgan fingerprint density at radius 2 is 2.22 bits per heavy atom. The van der Waals surface area contributed by atoms with Crippen LogP contribution >= 0.6 is 0 Å². The van der Waals surface area contributed by atoms with Crippen molar-refractivity contribution in [2.24, 2.45) is 12.8 Å². The van der Waals surface area contributed by atoms with E-state index in [-0.39, 0.29) is 0 Å². The van der Waals surface area contributed by atoms with Crippen LogP contribution in [0.2, 0.25) is 0 Å².